The van der Waals surface area contributed by atoms with Crippen molar-refractivity contribution in [2.45, 2.75) is 191 Å². The molecule has 88 heavy (non-hydrogen) atoms. The fourth-order valence-corrected chi connectivity index (χ4v) is 24.0. The number of unbranched alkanes of at least 4 members (excludes halogenated alkanes) is 3. The lowest BCUT2D eigenvalue weighted by Gasteiger charge is -2.17. The average molecular weight is 1330 g/mol. The first kappa shape index (κ1) is 60.8. The molecule has 0 amide bonds. The molecule has 0 aliphatic rings. The zero-order chi connectivity index (χ0) is 60.5. The zero-order valence-electron chi connectivity index (χ0n) is 52.3. The molecule has 0 N–H and O–H groups in total. The summed E-state index contributed by atoms with van der Waals surface area (Å²) in [7, 11) is 0. The highest BCUT2D eigenvalue weighted by Gasteiger charge is 2.31. The molecule has 14 aromatic rings. The summed E-state index contributed by atoms with van der Waals surface area (Å²) >= 11 is 16.1. The van der Waals surface area contributed by atoms with E-state index in [9.17, 15) is 0 Å². The number of aryl methyl sites for hydroxylation is 4. The normalized spacial score (nSPS) is 13.6. The predicted molar refractivity (Wildman–Crippen MR) is 392 cm³/mol. The lowest BCUT2D eigenvalue weighted by Crippen LogP contribution is -2.09. The summed E-state index contributed by atoms with van der Waals surface area (Å²) in [6.07, 6.45) is 20.5. The van der Waals surface area contributed by atoms with Gasteiger partial charge in [-0.05, 0) is 99.1 Å². The van der Waals surface area contributed by atoms with Gasteiger partial charge in [-0.2, -0.15) is 17.5 Å². The highest BCUT2D eigenvalue weighted by atomic mass is 32.1. The van der Waals surface area contributed by atoms with Gasteiger partial charge >= 0.3 is 0 Å². The maximum atomic E-state index is 5.66. The van der Waals surface area contributed by atoms with Crippen molar-refractivity contribution in [3.05, 3.63) is 68.9 Å². The van der Waals surface area contributed by atoms with E-state index >= 15 is 0 Å². The van der Waals surface area contributed by atoms with Crippen LogP contribution < -0.4 is 0 Å². The third kappa shape index (κ3) is 10.7. The molecule has 0 fully saturated rings. The molecule has 0 radical (unpaired) electrons. The highest BCUT2D eigenvalue weighted by molar-refractivity contribution is 7.37. The Kier molecular flexibility index (Phi) is 17.8. The number of thiophene rings is 7. The molecule has 2 aromatic carbocycles. The standard InChI is InChI=1S/C70H77N9S9/c1-11-21-24-36(14-4)27-39-29-46-48(80-39)32-51(82-46)56-60-59(71-41(17-7)42(18-8)72-60)55(63-64(56)76-87-75-63)50-31-45-68(84-50)70-67(79(45)35-38(16-6)26-23-13-3)69-54(86-70)34-53(85-69)58-62-61(73-43(19-9)44(20-10)74-62)57(65-66(58)78-88-77-65)52-33-49-47(83-52)30-40(81-49)28-37(15-5)25-22-12-2/h29-34,36-38H,11-28,35H2,1-10H3. The molecule has 0 spiro atoms. The lowest BCUT2D eigenvalue weighted by molar-refractivity contribution is 0.401. The Hall–Kier alpha value is -4.76. The number of aromatic nitrogens is 9. The van der Waals surface area contributed by atoms with Gasteiger partial charge in [0.25, 0.3) is 0 Å². The van der Waals surface area contributed by atoms with Crippen molar-refractivity contribution in [1.82, 2.24) is 42.0 Å². The molecule has 12 aromatic heterocycles. The second-order valence-corrected chi connectivity index (χ2v) is 33.0. The molecular formula is C70H77N9S9. The van der Waals surface area contributed by atoms with Crippen molar-refractivity contribution < 1.29 is 0 Å². The molecule has 0 aliphatic carbocycles. The van der Waals surface area contributed by atoms with Gasteiger partial charge in [0.2, 0.25) is 0 Å². The van der Waals surface area contributed by atoms with Gasteiger partial charge in [-0.3, -0.25) is 0 Å². The molecule has 0 bridgehead atoms. The minimum atomic E-state index is 0.535. The van der Waals surface area contributed by atoms with Crippen LogP contribution in [-0.2, 0) is 45.1 Å². The first-order valence-electron chi connectivity index (χ1n) is 32.6. The maximum Gasteiger partial charge on any atom is 0.116 e. The van der Waals surface area contributed by atoms with Crippen LogP contribution in [0.15, 0.2) is 36.4 Å². The van der Waals surface area contributed by atoms with Crippen molar-refractivity contribution in [2.24, 2.45) is 17.8 Å². The molecule has 0 saturated heterocycles. The first-order valence-corrected chi connectivity index (χ1v) is 39.8. The van der Waals surface area contributed by atoms with Gasteiger partial charge in [0, 0.05) is 81.6 Å². The Labute approximate surface area is 552 Å². The summed E-state index contributed by atoms with van der Waals surface area (Å²) in [6.45, 7) is 23.8. The van der Waals surface area contributed by atoms with Gasteiger partial charge in [0.1, 0.15) is 44.1 Å². The van der Waals surface area contributed by atoms with E-state index in [0.29, 0.717) is 5.92 Å². The van der Waals surface area contributed by atoms with Crippen LogP contribution >= 0.6 is 103 Å². The number of nitrogens with zero attached hydrogens (tertiary/aromatic N) is 9. The van der Waals surface area contributed by atoms with Gasteiger partial charge in [-0.25, -0.2) is 19.9 Å². The van der Waals surface area contributed by atoms with Crippen LogP contribution in [0.3, 0.4) is 0 Å². The summed E-state index contributed by atoms with van der Waals surface area (Å²) in [6, 6.07) is 14.7. The Morgan fingerprint density at radius 1 is 0.364 bits per heavy atom. The minimum Gasteiger partial charge on any atom is -0.338 e. The van der Waals surface area contributed by atoms with Crippen LogP contribution in [-0.4, -0.2) is 42.0 Å². The number of fused-ring (bicyclic) bond motifs is 11. The summed E-state index contributed by atoms with van der Waals surface area (Å²) in [5.41, 5.74) is 18.7. The van der Waals surface area contributed by atoms with Crippen molar-refractivity contribution in [3.8, 4) is 41.8 Å². The molecule has 456 valence electrons. The molecule has 14 rings (SSSR count). The largest absolute Gasteiger partial charge is 0.338 e. The van der Waals surface area contributed by atoms with Crippen molar-refractivity contribution >= 4 is 196 Å². The molecule has 3 atom stereocenters. The van der Waals surface area contributed by atoms with Crippen LogP contribution in [0.5, 0.6) is 0 Å². The van der Waals surface area contributed by atoms with Crippen LogP contribution in [0.1, 0.15) is 179 Å². The van der Waals surface area contributed by atoms with E-state index in [1.807, 2.05) is 79.4 Å². The third-order valence-corrected chi connectivity index (χ3v) is 28.1. The second kappa shape index (κ2) is 25.7. The quantitative estimate of drug-likeness (QED) is 0.0528. The summed E-state index contributed by atoms with van der Waals surface area (Å²) in [5, 5.41) is 0. The lowest BCUT2D eigenvalue weighted by atomic mass is 9.95. The number of hydrogen-bond acceptors (Lipinski definition) is 17. The first-order chi connectivity index (χ1) is 43.1. The van der Waals surface area contributed by atoms with Crippen LogP contribution in [0, 0.1) is 17.8 Å². The SMILES string of the molecule is CCCCC(CC)Cc1cc2sc(-c3c4nsnc4c(-c4cc5c(s4)c4sc6cc(-c7c8nsnc8c(-c8cc9sc(CC(CC)CCCC)cc9s8)c8nc(CC)c(CC)nc78)sc6c4n5CC(CC)CCCC)c4nc(CC)c(CC)nc34)cc2s1. The summed E-state index contributed by atoms with van der Waals surface area (Å²) in [4.78, 5) is 30.3. The van der Waals surface area contributed by atoms with Crippen LogP contribution in [0.25, 0.3) is 135 Å². The molecule has 0 saturated carbocycles. The van der Waals surface area contributed by atoms with Crippen LogP contribution in [0.2, 0.25) is 0 Å². The number of rotatable bonds is 26. The van der Waals surface area contributed by atoms with Gasteiger partial charge in [-0.15, -0.1) is 79.4 Å². The molecular weight excluding hydrogens is 1260 g/mol. The predicted octanol–water partition coefficient (Wildman–Crippen LogP) is 24.2. The number of hydrogen-bond donors (Lipinski definition) is 0. The summed E-state index contributed by atoms with van der Waals surface area (Å²) < 4.78 is 34.2. The van der Waals surface area contributed by atoms with E-state index in [2.05, 4.69) is 110 Å². The molecule has 18 heteroatoms. The monoisotopic (exact) mass is 1330 g/mol. The maximum absolute atomic E-state index is 5.66. The molecule has 0 aliphatic heterocycles. The smallest absolute Gasteiger partial charge is 0.116 e. The van der Waals surface area contributed by atoms with Crippen molar-refractivity contribution in [2.75, 3.05) is 0 Å². The summed E-state index contributed by atoms with van der Waals surface area (Å²) in [5.74, 6) is 2.01. The Bertz CT molecular complexity index is 4810. The average Bonchev–Trinajstić information content (AvgIpc) is 1.51. The molecule has 12 heterocycles. The van der Waals surface area contributed by atoms with Gasteiger partial charge in [0.15, 0.2) is 0 Å². The molecule has 3 unspecified atom stereocenters. The number of benzene rings is 2. The van der Waals surface area contributed by atoms with Gasteiger partial charge in [0.05, 0.1) is 71.4 Å². The van der Waals surface area contributed by atoms with Crippen LogP contribution in [0.4, 0.5) is 0 Å². The fourth-order valence-electron chi connectivity index (χ4n) is 13.7. The van der Waals surface area contributed by atoms with Crippen molar-refractivity contribution in [1.29, 1.82) is 0 Å². The van der Waals surface area contributed by atoms with E-state index < -0.39 is 0 Å². The van der Waals surface area contributed by atoms with E-state index in [4.69, 9.17) is 37.4 Å². The minimum absolute atomic E-state index is 0.535. The van der Waals surface area contributed by atoms with E-state index in [0.717, 1.165) is 152 Å². The Morgan fingerprint density at radius 2 is 0.739 bits per heavy atom. The van der Waals surface area contributed by atoms with E-state index in [1.165, 1.54) is 172 Å². The Morgan fingerprint density at radius 3 is 1.14 bits per heavy atom. The van der Waals surface area contributed by atoms with Gasteiger partial charge in [-0.1, -0.05) is 140 Å². The topological polar surface area (TPSA) is 108 Å². The third-order valence-electron chi connectivity index (χ3n) is 18.7. The zero-order valence-corrected chi connectivity index (χ0v) is 59.7. The van der Waals surface area contributed by atoms with E-state index in [-0.39, 0.29) is 0 Å². The fraction of sp³-hybridized carbons (Fsp3) is 0.457. The van der Waals surface area contributed by atoms with E-state index in [1.54, 1.807) is 0 Å². The highest BCUT2D eigenvalue weighted by Crippen LogP contribution is 2.55. The molecule has 9 nitrogen and oxygen atoms in total. The Balaban J connectivity index is 0.920. The van der Waals surface area contributed by atoms with Crippen molar-refractivity contribution in [3.63, 3.8) is 0 Å². The second-order valence-electron chi connectivity index (χ2n) is 24.2. The van der Waals surface area contributed by atoms with Gasteiger partial charge < -0.3 is 4.57 Å².